The van der Waals surface area contributed by atoms with Gasteiger partial charge in [0.1, 0.15) is 5.25 Å². The smallest absolute Gasteiger partial charge is 0.270 e. The lowest BCUT2D eigenvalue weighted by molar-refractivity contribution is -0.384. The fourth-order valence-corrected chi connectivity index (χ4v) is 6.03. The van der Waals surface area contributed by atoms with Crippen LogP contribution < -0.4 is 10.6 Å². The molecular weight excluding hydrogens is 553 g/mol. The average molecular weight is 573 g/mol. The highest BCUT2D eigenvalue weighted by atomic mass is 32.2. The molecule has 8 nitrogen and oxygen atoms in total. The van der Waals surface area contributed by atoms with E-state index in [0.717, 1.165) is 10.5 Å². The number of thiophene rings is 1. The number of hydrogen-bond acceptors (Lipinski definition) is 8. The summed E-state index contributed by atoms with van der Waals surface area (Å²) in [6, 6.07) is 26.6. The molecule has 0 radical (unpaired) electrons. The summed E-state index contributed by atoms with van der Waals surface area (Å²) in [6.07, 6.45) is 0. The Morgan fingerprint density at radius 2 is 1.69 bits per heavy atom. The summed E-state index contributed by atoms with van der Waals surface area (Å²) in [7, 11) is 0. The summed E-state index contributed by atoms with van der Waals surface area (Å²) >= 11 is 4.01. The van der Waals surface area contributed by atoms with Crippen LogP contribution in [0.3, 0.4) is 0 Å². The topological polar surface area (TPSA) is 114 Å². The number of nitrogens with zero attached hydrogens (tertiary/aromatic N) is 2. The van der Waals surface area contributed by atoms with Gasteiger partial charge in [0.25, 0.3) is 11.6 Å². The molecule has 2 N–H and O–H groups in total. The molecule has 194 valence electrons. The van der Waals surface area contributed by atoms with Crippen molar-refractivity contribution >= 4 is 62.8 Å². The van der Waals surface area contributed by atoms with Gasteiger partial charge >= 0.3 is 0 Å². The van der Waals surface area contributed by atoms with Gasteiger partial charge in [-0.05, 0) is 41.3 Å². The lowest BCUT2D eigenvalue weighted by atomic mass is 10.1. The zero-order valence-electron chi connectivity index (χ0n) is 20.1. The third kappa shape index (κ3) is 6.58. The second-order valence-corrected chi connectivity index (χ2v) is 11.2. The van der Waals surface area contributed by atoms with Crippen molar-refractivity contribution in [1.82, 2.24) is 4.98 Å². The van der Waals surface area contributed by atoms with Gasteiger partial charge in [-0.3, -0.25) is 19.7 Å². The Hall–Kier alpha value is -4.32. The molecule has 0 bridgehead atoms. The molecule has 0 aliphatic rings. The third-order valence-corrected chi connectivity index (χ3v) is 8.43. The van der Waals surface area contributed by atoms with Gasteiger partial charge in [0, 0.05) is 33.7 Å². The molecule has 2 amide bonds. The van der Waals surface area contributed by atoms with Crippen LogP contribution in [0.15, 0.2) is 107 Å². The molecule has 0 aliphatic heterocycles. The predicted octanol–water partition coefficient (Wildman–Crippen LogP) is 7.50. The zero-order chi connectivity index (χ0) is 27.2. The normalized spacial score (nSPS) is 11.5. The summed E-state index contributed by atoms with van der Waals surface area (Å²) in [5.41, 5.74) is 2.61. The number of benzene rings is 3. The Labute approximate surface area is 235 Å². The minimum atomic E-state index is -0.567. The Morgan fingerprint density at radius 3 is 2.41 bits per heavy atom. The van der Waals surface area contributed by atoms with Gasteiger partial charge < -0.3 is 10.6 Å². The summed E-state index contributed by atoms with van der Waals surface area (Å²) in [5.74, 6) is -0.416. The van der Waals surface area contributed by atoms with Crippen molar-refractivity contribution in [3.8, 4) is 11.3 Å². The number of nitrogens with one attached hydrogen (secondary N) is 2. The number of thiazole rings is 1. The molecule has 5 rings (SSSR count). The highest BCUT2D eigenvalue weighted by molar-refractivity contribution is 8.00. The van der Waals surface area contributed by atoms with E-state index in [0.29, 0.717) is 27.0 Å². The molecule has 1 unspecified atom stereocenters. The van der Waals surface area contributed by atoms with E-state index >= 15 is 0 Å². The van der Waals surface area contributed by atoms with Crippen LogP contribution in [-0.4, -0.2) is 21.7 Å². The number of non-ortho nitro benzene ring substituents is 1. The van der Waals surface area contributed by atoms with Gasteiger partial charge in [-0.25, -0.2) is 4.98 Å². The number of hydrogen-bond donors (Lipinski definition) is 2. The van der Waals surface area contributed by atoms with Gasteiger partial charge in [-0.15, -0.1) is 34.4 Å². The number of nitro groups is 1. The van der Waals surface area contributed by atoms with Crippen molar-refractivity contribution in [2.75, 3.05) is 10.6 Å². The van der Waals surface area contributed by atoms with Gasteiger partial charge in [0.2, 0.25) is 5.91 Å². The summed E-state index contributed by atoms with van der Waals surface area (Å²) in [5, 5.41) is 20.3. The molecule has 0 spiro atoms. The Bertz CT molecular complexity index is 1600. The van der Waals surface area contributed by atoms with Crippen molar-refractivity contribution in [2.45, 2.75) is 10.1 Å². The summed E-state index contributed by atoms with van der Waals surface area (Å²) in [6.45, 7) is 0. The average Bonchev–Trinajstić information content (AvgIpc) is 3.66. The summed E-state index contributed by atoms with van der Waals surface area (Å²) < 4.78 is 0. The molecule has 0 aliphatic carbocycles. The first-order valence-electron chi connectivity index (χ1n) is 11.6. The first-order chi connectivity index (χ1) is 19.0. The van der Waals surface area contributed by atoms with Crippen molar-refractivity contribution in [3.05, 3.63) is 122 Å². The number of nitro benzene ring substituents is 1. The number of carbonyl (C=O) groups is 2. The molecule has 5 aromatic rings. The monoisotopic (exact) mass is 572 g/mol. The van der Waals surface area contributed by atoms with Crippen molar-refractivity contribution in [3.63, 3.8) is 0 Å². The molecule has 3 aromatic carbocycles. The highest BCUT2D eigenvalue weighted by Crippen LogP contribution is 2.37. The minimum Gasteiger partial charge on any atom is -0.321 e. The number of rotatable bonds is 9. The molecule has 39 heavy (non-hydrogen) atoms. The Balaban J connectivity index is 1.31. The number of amides is 2. The first kappa shape index (κ1) is 26.3. The fraction of sp³-hybridized carbons (Fsp3) is 0.0357. The van der Waals surface area contributed by atoms with E-state index in [1.807, 2.05) is 53.9 Å². The molecule has 0 fully saturated rings. The van der Waals surface area contributed by atoms with Gasteiger partial charge in [-0.1, -0.05) is 48.5 Å². The van der Waals surface area contributed by atoms with Crippen molar-refractivity contribution in [2.24, 2.45) is 0 Å². The van der Waals surface area contributed by atoms with Gasteiger partial charge in [0.05, 0.1) is 15.5 Å². The lowest BCUT2D eigenvalue weighted by Gasteiger charge is -2.16. The second kappa shape index (κ2) is 12.0. The minimum absolute atomic E-state index is 0.0243. The van der Waals surface area contributed by atoms with Crippen LogP contribution in [0.25, 0.3) is 11.3 Å². The molecule has 2 aromatic heterocycles. The van der Waals surface area contributed by atoms with E-state index in [1.54, 1.807) is 35.7 Å². The predicted molar refractivity (Wildman–Crippen MR) is 157 cm³/mol. The standard InChI is InChI=1S/C28H20N4O4S3/c33-26(24-10-5-15-37-24)29-20-11-13-22(14-12-20)39-25(18-6-2-1-3-7-18)27(34)31-28-30-23(17-38-28)19-8-4-9-21(16-19)32(35)36/h1-17,25H,(H,29,33)(H,30,31,34). The van der Waals surface area contributed by atoms with E-state index in [1.165, 1.54) is 46.6 Å². The maximum atomic E-state index is 13.4. The lowest BCUT2D eigenvalue weighted by Crippen LogP contribution is -2.19. The molecule has 1 atom stereocenters. The maximum Gasteiger partial charge on any atom is 0.270 e. The summed E-state index contributed by atoms with van der Waals surface area (Å²) in [4.78, 5) is 42.4. The molecule has 0 saturated heterocycles. The number of carbonyl (C=O) groups excluding carboxylic acids is 2. The molecule has 11 heteroatoms. The Morgan fingerprint density at radius 1 is 0.897 bits per heavy atom. The largest absolute Gasteiger partial charge is 0.321 e. The zero-order valence-corrected chi connectivity index (χ0v) is 22.6. The number of aromatic nitrogens is 1. The highest BCUT2D eigenvalue weighted by Gasteiger charge is 2.23. The second-order valence-electron chi connectivity index (χ2n) is 8.20. The first-order valence-corrected chi connectivity index (χ1v) is 14.3. The van der Waals surface area contributed by atoms with E-state index < -0.39 is 10.2 Å². The van der Waals surface area contributed by atoms with Crippen LogP contribution in [0, 0.1) is 10.1 Å². The SMILES string of the molecule is O=C(Nc1ccc(SC(C(=O)Nc2nc(-c3cccc([N+](=O)[O-])c3)cs2)c2ccccc2)cc1)c1cccs1. The van der Waals surface area contributed by atoms with Gasteiger partial charge in [0.15, 0.2) is 5.13 Å². The van der Waals surface area contributed by atoms with Crippen LogP contribution >= 0.6 is 34.4 Å². The van der Waals surface area contributed by atoms with Crippen molar-refractivity contribution < 1.29 is 14.5 Å². The fourth-order valence-electron chi connectivity index (χ4n) is 3.67. The third-order valence-electron chi connectivity index (χ3n) is 5.54. The van der Waals surface area contributed by atoms with Crippen LogP contribution in [0.1, 0.15) is 20.5 Å². The van der Waals surface area contributed by atoms with Gasteiger partial charge in [-0.2, -0.15) is 0 Å². The van der Waals surface area contributed by atoms with Crippen LogP contribution in [0.5, 0.6) is 0 Å². The number of anilines is 2. The van der Waals surface area contributed by atoms with Crippen LogP contribution in [0.4, 0.5) is 16.5 Å². The van der Waals surface area contributed by atoms with E-state index in [9.17, 15) is 19.7 Å². The van der Waals surface area contributed by atoms with Crippen molar-refractivity contribution in [1.29, 1.82) is 0 Å². The quantitative estimate of drug-likeness (QED) is 0.107. The molecular formula is C28H20N4O4S3. The molecule has 0 saturated carbocycles. The van der Waals surface area contributed by atoms with E-state index in [4.69, 9.17) is 0 Å². The van der Waals surface area contributed by atoms with Crippen LogP contribution in [0.2, 0.25) is 0 Å². The maximum absolute atomic E-state index is 13.4. The Kier molecular flexibility index (Phi) is 8.11. The van der Waals surface area contributed by atoms with E-state index in [-0.39, 0.29) is 17.5 Å². The molecule has 2 heterocycles. The van der Waals surface area contributed by atoms with E-state index in [2.05, 4.69) is 15.6 Å². The number of thioether (sulfide) groups is 1. The van der Waals surface area contributed by atoms with Crippen LogP contribution in [-0.2, 0) is 4.79 Å².